The number of hydrogen-bond donors (Lipinski definition) is 1. The Morgan fingerprint density at radius 2 is 1.85 bits per heavy atom. The zero-order valence-corrected chi connectivity index (χ0v) is 20.1. The Hall–Kier alpha value is -2.12. The molecule has 3 heterocycles. The summed E-state index contributed by atoms with van der Waals surface area (Å²) in [5.41, 5.74) is 3.52. The van der Waals surface area contributed by atoms with Crippen LogP contribution in [0.2, 0.25) is 5.02 Å². The molecule has 4 aliphatic rings. The van der Waals surface area contributed by atoms with Gasteiger partial charge < -0.3 is 19.5 Å². The van der Waals surface area contributed by atoms with Crippen LogP contribution in [0.1, 0.15) is 54.4 Å². The Bertz CT molecular complexity index is 1070. The van der Waals surface area contributed by atoms with Gasteiger partial charge in [-0.05, 0) is 54.7 Å². The quantitative estimate of drug-likeness (QED) is 0.679. The summed E-state index contributed by atoms with van der Waals surface area (Å²) in [4.78, 5) is 15.2. The highest BCUT2D eigenvalue weighted by atomic mass is 35.5. The van der Waals surface area contributed by atoms with Gasteiger partial charge in [0.05, 0.1) is 29.8 Å². The van der Waals surface area contributed by atoms with Crippen molar-refractivity contribution in [2.45, 2.75) is 63.0 Å². The molecule has 2 saturated heterocycles. The summed E-state index contributed by atoms with van der Waals surface area (Å²) in [5.74, 6) is 0.262. The number of ether oxygens (including phenoxy) is 3. The first-order chi connectivity index (χ1) is 16.6. The van der Waals surface area contributed by atoms with Gasteiger partial charge in [-0.1, -0.05) is 30.2 Å². The lowest BCUT2D eigenvalue weighted by atomic mass is 9.89. The third-order valence-corrected chi connectivity index (χ3v) is 8.12. The molecule has 7 heteroatoms. The maximum Gasteiger partial charge on any atom is 0.253 e. The van der Waals surface area contributed by atoms with Crippen LogP contribution in [0.15, 0.2) is 36.4 Å². The third-order valence-electron chi connectivity index (χ3n) is 7.81. The van der Waals surface area contributed by atoms with Gasteiger partial charge in [0.15, 0.2) is 0 Å². The first kappa shape index (κ1) is 22.4. The van der Waals surface area contributed by atoms with Gasteiger partial charge in [0.25, 0.3) is 5.91 Å². The summed E-state index contributed by atoms with van der Waals surface area (Å²) in [5, 5.41) is 3.44. The first-order valence-electron chi connectivity index (χ1n) is 12.5. The van der Waals surface area contributed by atoms with Crippen molar-refractivity contribution in [1.29, 1.82) is 0 Å². The van der Waals surface area contributed by atoms with Crippen molar-refractivity contribution < 1.29 is 19.0 Å². The molecule has 1 atom stereocenters. The molecule has 3 fully saturated rings. The van der Waals surface area contributed by atoms with E-state index in [0.717, 1.165) is 60.8 Å². The van der Waals surface area contributed by atoms with E-state index in [0.29, 0.717) is 30.4 Å². The molecule has 1 N–H and O–H groups in total. The smallest absolute Gasteiger partial charge is 0.253 e. The fourth-order valence-electron chi connectivity index (χ4n) is 5.43. The van der Waals surface area contributed by atoms with Gasteiger partial charge in [-0.3, -0.25) is 9.69 Å². The van der Waals surface area contributed by atoms with E-state index in [1.807, 2.05) is 18.2 Å². The standard InChI is InChI=1S/C27H31ClN2O4/c28-24-15-19(4-6-23(24)26(31)29-21-8-13-32-17-21)18-5-7-25-20(14-18)16-33-27(34-25)9-11-30(12-10-27)22-2-1-3-22/h4-7,14-15,21-22H,1-3,8-13,16-17H2,(H,29,31)/t21-/m0/s1. The highest BCUT2D eigenvalue weighted by Gasteiger charge is 2.42. The molecule has 1 amide bonds. The number of likely N-dealkylation sites (tertiary alicyclic amines) is 1. The van der Waals surface area contributed by atoms with Crippen LogP contribution in [0, 0.1) is 0 Å². The van der Waals surface area contributed by atoms with Crippen LogP contribution in [0.4, 0.5) is 0 Å². The third kappa shape index (κ3) is 4.33. The lowest BCUT2D eigenvalue weighted by Crippen LogP contribution is -2.54. The fraction of sp³-hybridized carbons (Fsp3) is 0.519. The number of hydrogen-bond acceptors (Lipinski definition) is 5. The number of piperidine rings is 1. The summed E-state index contributed by atoms with van der Waals surface area (Å²) >= 11 is 6.50. The van der Waals surface area contributed by atoms with E-state index in [9.17, 15) is 4.79 Å². The maximum atomic E-state index is 12.6. The Kier molecular flexibility index (Phi) is 6.02. The second-order valence-corrected chi connectivity index (χ2v) is 10.4. The second kappa shape index (κ2) is 9.15. The highest BCUT2D eigenvalue weighted by molar-refractivity contribution is 6.34. The van der Waals surface area contributed by atoms with Crippen molar-refractivity contribution in [1.82, 2.24) is 10.2 Å². The summed E-state index contributed by atoms with van der Waals surface area (Å²) < 4.78 is 18.1. The zero-order chi connectivity index (χ0) is 23.1. The molecule has 2 aromatic carbocycles. The molecule has 6 nitrogen and oxygen atoms in total. The molecule has 3 aliphatic heterocycles. The predicted octanol–water partition coefficient (Wildman–Crippen LogP) is 4.78. The SMILES string of the molecule is O=C(N[C@H]1CCOC1)c1ccc(-c2ccc3c(c2)COC2(CCN(C4CCC4)CC2)O3)cc1Cl. The van der Waals surface area contributed by atoms with Crippen LogP contribution < -0.4 is 10.1 Å². The average Bonchev–Trinajstić information content (AvgIpc) is 3.32. The molecular formula is C27H31ClN2O4. The van der Waals surface area contributed by atoms with Crippen LogP contribution in [0.3, 0.4) is 0 Å². The van der Waals surface area contributed by atoms with Crippen molar-refractivity contribution in [3.63, 3.8) is 0 Å². The van der Waals surface area contributed by atoms with Gasteiger partial charge in [0.2, 0.25) is 5.79 Å². The lowest BCUT2D eigenvalue weighted by Gasteiger charge is -2.47. The average molecular weight is 483 g/mol. The van der Waals surface area contributed by atoms with Gasteiger partial charge in [-0.15, -0.1) is 0 Å². The number of rotatable bonds is 4. The number of halogens is 1. The second-order valence-electron chi connectivity index (χ2n) is 9.97. The molecule has 0 unspecified atom stereocenters. The summed E-state index contributed by atoms with van der Waals surface area (Å²) in [6.07, 6.45) is 6.71. The molecule has 1 aliphatic carbocycles. The minimum atomic E-state index is -0.489. The minimum Gasteiger partial charge on any atom is -0.462 e. The van der Waals surface area contributed by atoms with E-state index in [4.69, 9.17) is 25.8 Å². The number of carbonyl (C=O) groups is 1. The summed E-state index contributed by atoms with van der Waals surface area (Å²) in [7, 11) is 0. The normalized spacial score (nSPS) is 24.3. The zero-order valence-electron chi connectivity index (χ0n) is 19.4. The van der Waals surface area contributed by atoms with E-state index >= 15 is 0 Å². The molecule has 0 bridgehead atoms. The van der Waals surface area contributed by atoms with Gasteiger partial charge in [0, 0.05) is 44.1 Å². The van der Waals surface area contributed by atoms with Crippen molar-refractivity contribution in [2.24, 2.45) is 0 Å². The molecule has 1 saturated carbocycles. The van der Waals surface area contributed by atoms with E-state index in [1.54, 1.807) is 6.07 Å². The van der Waals surface area contributed by atoms with Crippen LogP contribution in [0.5, 0.6) is 5.75 Å². The minimum absolute atomic E-state index is 0.0534. The van der Waals surface area contributed by atoms with E-state index < -0.39 is 5.79 Å². The Labute approximate surface area is 205 Å². The lowest BCUT2D eigenvalue weighted by molar-refractivity contribution is -0.231. The Morgan fingerprint density at radius 3 is 2.56 bits per heavy atom. The van der Waals surface area contributed by atoms with Gasteiger partial charge in [-0.25, -0.2) is 0 Å². The van der Waals surface area contributed by atoms with Gasteiger partial charge >= 0.3 is 0 Å². The Morgan fingerprint density at radius 1 is 1.06 bits per heavy atom. The van der Waals surface area contributed by atoms with Gasteiger partial charge in [-0.2, -0.15) is 0 Å². The predicted molar refractivity (Wildman–Crippen MR) is 130 cm³/mol. The van der Waals surface area contributed by atoms with Crippen molar-refractivity contribution in [3.05, 3.63) is 52.5 Å². The highest BCUT2D eigenvalue weighted by Crippen LogP contribution is 2.40. The van der Waals surface area contributed by atoms with Crippen LogP contribution in [-0.4, -0.2) is 55.0 Å². The van der Waals surface area contributed by atoms with Crippen LogP contribution in [-0.2, 0) is 16.1 Å². The number of amides is 1. The van der Waals surface area contributed by atoms with E-state index in [-0.39, 0.29) is 11.9 Å². The largest absolute Gasteiger partial charge is 0.462 e. The maximum absolute atomic E-state index is 12.6. The monoisotopic (exact) mass is 482 g/mol. The van der Waals surface area contributed by atoms with Crippen molar-refractivity contribution in [2.75, 3.05) is 26.3 Å². The van der Waals surface area contributed by atoms with Crippen molar-refractivity contribution in [3.8, 4) is 16.9 Å². The molecule has 180 valence electrons. The number of nitrogens with one attached hydrogen (secondary N) is 1. The topological polar surface area (TPSA) is 60.0 Å². The van der Waals surface area contributed by atoms with Crippen LogP contribution in [0.25, 0.3) is 11.1 Å². The first-order valence-corrected chi connectivity index (χ1v) is 12.8. The molecule has 6 rings (SSSR count). The molecule has 34 heavy (non-hydrogen) atoms. The van der Waals surface area contributed by atoms with Crippen LogP contribution >= 0.6 is 11.6 Å². The molecule has 2 aromatic rings. The number of carbonyl (C=O) groups excluding carboxylic acids is 1. The van der Waals surface area contributed by atoms with Gasteiger partial charge in [0.1, 0.15) is 5.75 Å². The number of nitrogens with zero attached hydrogens (tertiary/aromatic N) is 1. The van der Waals surface area contributed by atoms with E-state index in [1.165, 1.54) is 19.3 Å². The molecule has 0 radical (unpaired) electrons. The van der Waals surface area contributed by atoms with Crippen molar-refractivity contribution >= 4 is 17.5 Å². The summed E-state index contributed by atoms with van der Waals surface area (Å²) in [6, 6.07) is 12.6. The molecule has 0 aromatic heterocycles. The Balaban J connectivity index is 1.14. The molecular weight excluding hydrogens is 452 g/mol. The van der Waals surface area contributed by atoms with E-state index in [2.05, 4.69) is 22.3 Å². The molecule has 1 spiro atoms. The number of benzene rings is 2. The fourth-order valence-corrected chi connectivity index (χ4v) is 5.70. The summed E-state index contributed by atoms with van der Waals surface area (Å²) in [6.45, 7) is 3.88. The number of fused-ring (bicyclic) bond motifs is 1.